The number of benzene rings is 1. The van der Waals surface area contributed by atoms with Gasteiger partial charge in [-0.25, -0.2) is 4.98 Å². The molecule has 1 aromatic carbocycles. The number of amides is 1. The molecule has 3 rings (SSSR count). The van der Waals surface area contributed by atoms with Crippen molar-refractivity contribution < 1.29 is 9.53 Å². The number of carbonyl (C=O) groups is 1. The Morgan fingerprint density at radius 1 is 1.15 bits per heavy atom. The summed E-state index contributed by atoms with van der Waals surface area (Å²) in [6.07, 6.45) is 3.21. The Labute approximate surface area is 151 Å². The topological polar surface area (TPSA) is 73.2 Å². The molecule has 132 valence electrons. The number of nitrogens with one attached hydrogen (secondary N) is 1. The highest BCUT2D eigenvalue weighted by Crippen LogP contribution is 2.16. The van der Waals surface area contributed by atoms with Crippen LogP contribution < -0.4 is 15.6 Å². The Morgan fingerprint density at radius 2 is 1.96 bits per heavy atom. The first kappa shape index (κ1) is 17.4. The van der Waals surface area contributed by atoms with Crippen molar-refractivity contribution in [1.29, 1.82) is 0 Å². The van der Waals surface area contributed by atoms with E-state index >= 15 is 0 Å². The second-order valence-electron chi connectivity index (χ2n) is 5.79. The number of hydrogen-bond donors (Lipinski definition) is 1. The van der Waals surface area contributed by atoms with Crippen LogP contribution in [0.1, 0.15) is 21.5 Å². The zero-order valence-corrected chi connectivity index (χ0v) is 14.4. The smallest absolute Gasteiger partial charge is 0.251 e. The summed E-state index contributed by atoms with van der Waals surface area (Å²) in [4.78, 5) is 28.1. The molecule has 0 aliphatic carbocycles. The average Bonchev–Trinajstić information content (AvgIpc) is 2.68. The second-order valence-corrected chi connectivity index (χ2v) is 5.79. The van der Waals surface area contributed by atoms with Gasteiger partial charge in [0, 0.05) is 43.2 Å². The van der Waals surface area contributed by atoms with Gasteiger partial charge in [-0.15, -0.1) is 0 Å². The fraction of sp³-hybridized carbons (Fsp3) is 0.150. The molecule has 0 radical (unpaired) electrons. The Kier molecular flexibility index (Phi) is 5.43. The van der Waals surface area contributed by atoms with Crippen molar-refractivity contribution >= 4 is 5.91 Å². The average molecular weight is 349 g/mol. The third-order valence-corrected chi connectivity index (χ3v) is 3.87. The minimum Gasteiger partial charge on any atom is -0.473 e. The van der Waals surface area contributed by atoms with Gasteiger partial charge >= 0.3 is 0 Å². The molecule has 0 atom stereocenters. The molecule has 0 unspecified atom stereocenters. The quantitative estimate of drug-likeness (QED) is 0.741. The maximum absolute atomic E-state index is 12.3. The number of carbonyl (C=O) groups excluding carboxylic acids is 1. The van der Waals surface area contributed by atoms with Crippen LogP contribution in [0.4, 0.5) is 0 Å². The number of rotatable bonds is 6. The van der Waals surface area contributed by atoms with Crippen LogP contribution in [0.2, 0.25) is 0 Å². The van der Waals surface area contributed by atoms with Crippen LogP contribution in [0.3, 0.4) is 0 Å². The van der Waals surface area contributed by atoms with Crippen LogP contribution >= 0.6 is 0 Å². The monoisotopic (exact) mass is 349 g/mol. The van der Waals surface area contributed by atoms with Crippen molar-refractivity contribution in [1.82, 2.24) is 14.9 Å². The molecule has 0 saturated heterocycles. The predicted molar refractivity (Wildman–Crippen MR) is 97.9 cm³/mol. The molecule has 1 N–H and O–H groups in total. The highest BCUT2D eigenvalue weighted by atomic mass is 16.5. The lowest BCUT2D eigenvalue weighted by molar-refractivity contribution is 0.0950. The summed E-state index contributed by atoms with van der Waals surface area (Å²) in [6, 6.07) is 16.3. The van der Waals surface area contributed by atoms with Crippen molar-refractivity contribution in [2.75, 3.05) is 0 Å². The number of nitrogens with zero attached hydrogens (tertiary/aromatic N) is 2. The second kappa shape index (κ2) is 8.11. The van der Waals surface area contributed by atoms with E-state index in [0.717, 1.165) is 11.1 Å². The van der Waals surface area contributed by atoms with Gasteiger partial charge in [0.25, 0.3) is 11.5 Å². The molecule has 0 fully saturated rings. The van der Waals surface area contributed by atoms with Crippen LogP contribution in [0.25, 0.3) is 0 Å². The third kappa shape index (κ3) is 4.36. The number of aromatic nitrogens is 2. The fourth-order valence-corrected chi connectivity index (χ4v) is 2.38. The molecule has 6 nitrogen and oxygen atoms in total. The van der Waals surface area contributed by atoms with Crippen molar-refractivity contribution in [3.8, 4) is 5.88 Å². The molecular formula is C20H19N3O3. The van der Waals surface area contributed by atoms with Crippen LogP contribution in [-0.2, 0) is 20.2 Å². The summed E-state index contributed by atoms with van der Waals surface area (Å²) in [5.41, 5.74) is 1.89. The Balaban J connectivity index is 1.65. The minimum atomic E-state index is -0.319. The van der Waals surface area contributed by atoms with Gasteiger partial charge in [0.05, 0.1) is 0 Å². The molecular weight excluding hydrogens is 330 g/mol. The number of hydrogen-bond acceptors (Lipinski definition) is 4. The molecule has 2 heterocycles. The van der Waals surface area contributed by atoms with E-state index in [-0.39, 0.29) is 18.0 Å². The van der Waals surface area contributed by atoms with Gasteiger partial charge in [0.2, 0.25) is 5.88 Å². The standard InChI is InChI=1S/C20H19N3O3/c1-23-11-9-16(12-18(23)24)19(25)22-13-17-8-5-10-21-20(17)26-14-15-6-3-2-4-7-15/h2-12H,13-14H2,1H3,(H,22,25). The fourth-order valence-electron chi connectivity index (χ4n) is 2.38. The summed E-state index contributed by atoms with van der Waals surface area (Å²) in [7, 11) is 1.63. The zero-order valence-electron chi connectivity index (χ0n) is 14.4. The van der Waals surface area contributed by atoms with Crippen molar-refractivity contribution in [3.63, 3.8) is 0 Å². The van der Waals surface area contributed by atoms with Crippen molar-refractivity contribution in [3.05, 3.63) is 94.0 Å². The molecule has 0 aliphatic heterocycles. The largest absolute Gasteiger partial charge is 0.473 e. The third-order valence-electron chi connectivity index (χ3n) is 3.87. The number of pyridine rings is 2. The molecule has 0 bridgehead atoms. The molecule has 26 heavy (non-hydrogen) atoms. The predicted octanol–water partition coefficient (Wildman–Crippen LogP) is 2.29. The van der Waals surface area contributed by atoms with Crippen LogP contribution in [0, 0.1) is 0 Å². The van der Waals surface area contributed by atoms with Gasteiger partial charge in [-0.2, -0.15) is 0 Å². The normalized spacial score (nSPS) is 10.3. The van der Waals surface area contributed by atoms with Crippen LogP contribution in [0.15, 0.2) is 71.8 Å². The van der Waals surface area contributed by atoms with Gasteiger partial charge in [0.15, 0.2) is 0 Å². The van der Waals surface area contributed by atoms with Gasteiger partial charge < -0.3 is 14.6 Å². The molecule has 1 amide bonds. The molecule has 0 spiro atoms. The first-order valence-electron chi connectivity index (χ1n) is 8.19. The van der Waals surface area contributed by atoms with Crippen molar-refractivity contribution in [2.45, 2.75) is 13.2 Å². The first-order chi connectivity index (χ1) is 12.6. The molecule has 6 heteroatoms. The molecule has 0 saturated carbocycles. The number of ether oxygens (including phenoxy) is 1. The lowest BCUT2D eigenvalue weighted by Crippen LogP contribution is -2.26. The van der Waals surface area contributed by atoms with E-state index in [9.17, 15) is 9.59 Å². The van der Waals surface area contributed by atoms with E-state index in [1.165, 1.54) is 10.6 Å². The van der Waals surface area contributed by atoms with E-state index in [0.29, 0.717) is 18.1 Å². The Bertz CT molecular complexity index is 952. The lowest BCUT2D eigenvalue weighted by atomic mass is 10.2. The molecule has 2 aromatic heterocycles. The summed E-state index contributed by atoms with van der Waals surface area (Å²) in [6.45, 7) is 0.652. The van der Waals surface area contributed by atoms with Gasteiger partial charge in [-0.3, -0.25) is 9.59 Å². The first-order valence-corrected chi connectivity index (χ1v) is 8.19. The van der Waals surface area contributed by atoms with E-state index in [1.807, 2.05) is 36.4 Å². The van der Waals surface area contributed by atoms with Gasteiger partial charge in [-0.1, -0.05) is 36.4 Å². The zero-order chi connectivity index (χ0) is 18.4. The van der Waals surface area contributed by atoms with Crippen LogP contribution in [-0.4, -0.2) is 15.5 Å². The van der Waals surface area contributed by atoms with E-state index in [2.05, 4.69) is 10.3 Å². The maximum atomic E-state index is 12.3. The Hall–Kier alpha value is -3.41. The summed E-state index contributed by atoms with van der Waals surface area (Å²) in [5.74, 6) is 0.154. The highest BCUT2D eigenvalue weighted by molar-refractivity contribution is 5.93. The van der Waals surface area contributed by atoms with Gasteiger partial charge in [-0.05, 0) is 17.7 Å². The van der Waals surface area contributed by atoms with E-state index in [4.69, 9.17) is 4.74 Å². The van der Waals surface area contributed by atoms with Gasteiger partial charge in [0.1, 0.15) is 6.61 Å². The van der Waals surface area contributed by atoms with E-state index < -0.39 is 0 Å². The lowest BCUT2D eigenvalue weighted by Gasteiger charge is -2.11. The maximum Gasteiger partial charge on any atom is 0.251 e. The van der Waals surface area contributed by atoms with Crippen LogP contribution in [0.5, 0.6) is 5.88 Å². The molecule has 3 aromatic rings. The Morgan fingerprint density at radius 3 is 2.73 bits per heavy atom. The summed E-state index contributed by atoms with van der Waals surface area (Å²) < 4.78 is 7.19. The highest BCUT2D eigenvalue weighted by Gasteiger charge is 2.10. The van der Waals surface area contributed by atoms with E-state index in [1.54, 1.807) is 31.6 Å². The summed E-state index contributed by atoms with van der Waals surface area (Å²) >= 11 is 0. The molecule has 0 aliphatic rings. The summed E-state index contributed by atoms with van der Waals surface area (Å²) in [5, 5.41) is 2.79. The number of aryl methyl sites for hydroxylation is 1. The SMILES string of the molecule is Cn1ccc(C(=O)NCc2cccnc2OCc2ccccc2)cc1=O. The minimum absolute atomic E-state index is 0.231. The van der Waals surface area contributed by atoms with Crippen molar-refractivity contribution in [2.24, 2.45) is 7.05 Å².